The summed E-state index contributed by atoms with van der Waals surface area (Å²) in [6.45, 7) is 1.17. The van der Waals surface area contributed by atoms with Crippen molar-refractivity contribution in [1.29, 1.82) is 0 Å². The Labute approximate surface area is 92.2 Å². The first-order valence-corrected chi connectivity index (χ1v) is 3.48. The van der Waals surface area contributed by atoms with Crippen molar-refractivity contribution < 1.29 is 14.3 Å². The summed E-state index contributed by atoms with van der Waals surface area (Å²) in [4.78, 5) is 21.2. The minimum absolute atomic E-state index is 0. The van der Waals surface area contributed by atoms with E-state index >= 15 is 0 Å². The van der Waals surface area contributed by atoms with E-state index in [0.29, 0.717) is 5.75 Å². The zero-order valence-electron chi connectivity index (χ0n) is 6.61. The number of esters is 1. The van der Waals surface area contributed by atoms with Gasteiger partial charge in [0.25, 0.3) is 0 Å². The summed E-state index contributed by atoms with van der Waals surface area (Å²) in [6.07, 6.45) is 0. The maximum Gasteiger partial charge on any atom is 0.379 e. The highest BCUT2D eigenvalue weighted by molar-refractivity contribution is 6.33. The Hall–Kier alpha value is -0.874. The van der Waals surface area contributed by atoms with Crippen molar-refractivity contribution in [2.45, 2.75) is 6.92 Å². The Balaban J connectivity index is 0.00000144. The zero-order valence-corrected chi connectivity index (χ0v) is 6.61. The summed E-state index contributed by atoms with van der Waals surface area (Å²) < 4.78 is 4.69. The Morgan fingerprint density at radius 1 is 1.15 bits per heavy atom. The Bertz CT molecular complexity index is 295. The molecule has 0 amide bonds. The number of ether oxygens (including phenoxy) is 1. The molecule has 13 heavy (non-hydrogen) atoms. The van der Waals surface area contributed by atoms with E-state index in [-0.39, 0.29) is 23.1 Å². The normalized spacial score (nSPS) is 8.38. The van der Waals surface area contributed by atoms with Gasteiger partial charge in [0.05, 0.1) is 0 Å². The molecule has 1 rings (SSSR count). The van der Waals surface area contributed by atoms with Crippen molar-refractivity contribution in [3.8, 4) is 5.75 Å². The van der Waals surface area contributed by atoms with E-state index in [4.69, 9.17) is 0 Å². The third-order valence-electron chi connectivity index (χ3n) is 1.24. The predicted molar refractivity (Wildman–Crippen MR) is 51.3 cm³/mol. The first-order valence-electron chi connectivity index (χ1n) is 3.48. The highest BCUT2D eigenvalue weighted by atomic mass is 24.3. The summed E-state index contributed by atoms with van der Waals surface area (Å²) >= 11 is 0. The molecule has 0 aliphatic heterocycles. The molecule has 0 radical (unpaired) electrons. The van der Waals surface area contributed by atoms with Crippen LogP contribution in [0.1, 0.15) is 6.92 Å². The smallest absolute Gasteiger partial charge is 0.379 e. The van der Waals surface area contributed by atoms with Gasteiger partial charge < -0.3 is 4.74 Å². The largest absolute Gasteiger partial charge is 0.421 e. The molecule has 0 unspecified atom stereocenters. The van der Waals surface area contributed by atoms with E-state index in [1.807, 2.05) is 0 Å². The van der Waals surface area contributed by atoms with Crippen molar-refractivity contribution in [1.82, 2.24) is 0 Å². The second kappa shape index (κ2) is 5.72. The van der Waals surface area contributed by atoms with Crippen molar-refractivity contribution in [3.05, 3.63) is 30.3 Å². The Kier molecular flexibility index (Phi) is 5.33. The van der Waals surface area contributed by atoms with Gasteiger partial charge in [-0.05, 0) is 12.1 Å². The van der Waals surface area contributed by atoms with Crippen LogP contribution in [-0.4, -0.2) is 34.8 Å². The summed E-state index contributed by atoms with van der Waals surface area (Å²) in [5.41, 5.74) is 0. The monoisotopic (exact) mass is 190 g/mol. The van der Waals surface area contributed by atoms with Crippen LogP contribution in [0.25, 0.3) is 0 Å². The summed E-state index contributed by atoms with van der Waals surface area (Å²) in [6, 6.07) is 8.47. The standard InChI is InChI=1S/C9H8O3.Mg.2H/c1-7(10)9(11)12-8-5-3-2-4-6-8;;;/h2-6H,1H3;;;. The number of carbonyl (C=O) groups excluding carboxylic acids is 2. The van der Waals surface area contributed by atoms with Gasteiger partial charge in [-0.25, -0.2) is 4.79 Å². The Morgan fingerprint density at radius 3 is 2.15 bits per heavy atom. The molecule has 0 bridgehead atoms. The average molecular weight is 190 g/mol. The van der Waals surface area contributed by atoms with E-state index in [0.717, 1.165) is 0 Å². The fourth-order valence-electron chi connectivity index (χ4n) is 0.667. The number of carbonyl (C=O) groups is 2. The molecule has 4 heteroatoms. The van der Waals surface area contributed by atoms with E-state index in [1.165, 1.54) is 6.92 Å². The number of rotatable bonds is 2. The third-order valence-corrected chi connectivity index (χ3v) is 1.24. The molecule has 0 atom stereocenters. The van der Waals surface area contributed by atoms with Gasteiger partial charge in [-0.15, -0.1) is 0 Å². The van der Waals surface area contributed by atoms with E-state index in [1.54, 1.807) is 30.3 Å². The lowest BCUT2D eigenvalue weighted by Crippen LogP contribution is -2.16. The minimum Gasteiger partial charge on any atom is -0.421 e. The van der Waals surface area contributed by atoms with Crippen LogP contribution in [0, 0.1) is 0 Å². The van der Waals surface area contributed by atoms with Crippen molar-refractivity contribution in [3.63, 3.8) is 0 Å². The molecule has 1 aromatic rings. The van der Waals surface area contributed by atoms with Crippen LogP contribution in [0.15, 0.2) is 30.3 Å². The molecular weight excluding hydrogens is 180 g/mol. The molecular formula is C9H10MgO3. The van der Waals surface area contributed by atoms with Crippen LogP contribution in [-0.2, 0) is 9.59 Å². The topological polar surface area (TPSA) is 43.4 Å². The Morgan fingerprint density at radius 2 is 1.69 bits per heavy atom. The van der Waals surface area contributed by atoms with Crippen molar-refractivity contribution in [2.24, 2.45) is 0 Å². The van der Waals surface area contributed by atoms with E-state index in [2.05, 4.69) is 4.74 Å². The van der Waals surface area contributed by atoms with Gasteiger partial charge in [0.1, 0.15) is 5.75 Å². The van der Waals surface area contributed by atoms with Crippen molar-refractivity contribution in [2.75, 3.05) is 0 Å². The molecule has 3 nitrogen and oxygen atoms in total. The first-order chi connectivity index (χ1) is 5.70. The quantitative estimate of drug-likeness (QED) is 0.291. The lowest BCUT2D eigenvalue weighted by atomic mass is 10.3. The van der Waals surface area contributed by atoms with Gasteiger partial charge in [0.15, 0.2) is 0 Å². The molecule has 0 aromatic heterocycles. The molecule has 66 valence electrons. The number of Topliss-reactive ketones (excluding diaryl/α,β-unsaturated/α-hetero) is 1. The number of hydrogen-bond donors (Lipinski definition) is 0. The van der Waals surface area contributed by atoms with Crippen LogP contribution in [0.2, 0.25) is 0 Å². The zero-order chi connectivity index (χ0) is 8.97. The molecule has 0 aliphatic carbocycles. The lowest BCUT2D eigenvalue weighted by molar-refractivity contribution is -0.146. The molecule has 0 saturated heterocycles. The molecule has 0 aliphatic rings. The second-order valence-electron chi connectivity index (χ2n) is 2.26. The van der Waals surface area contributed by atoms with Crippen LogP contribution >= 0.6 is 0 Å². The van der Waals surface area contributed by atoms with E-state index in [9.17, 15) is 9.59 Å². The lowest BCUT2D eigenvalue weighted by Gasteiger charge is -1.99. The summed E-state index contributed by atoms with van der Waals surface area (Å²) in [5.74, 6) is -1.04. The van der Waals surface area contributed by atoms with Gasteiger partial charge in [-0.3, -0.25) is 4.79 Å². The van der Waals surface area contributed by atoms with Crippen LogP contribution < -0.4 is 4.74 Å². The van der Waals surface area contributed by atoms with Crippen molar-refractivity contribution >= 4 is 34.8 Å². The maximum absolute atomic E-state index is 10.7. The molecule has 0 fully saturated rings. The number of hydrogen-bond acceptors (Lipinski definition) is 3. The van der Waals surface area contributed by atoms with Gasteiger partial charge in [0, 0.05) is 6.92 Å². The predicted octanol–water partition coefficient (Wildman–Crippen LogP) is 0.265. The van der Waals surface area contributed by atoms with E-state index < -0.39 is 11.8 Å². The van der Waals surface area contributed by atoms with Crippen LogP contribution in [0.5, 0.6) is 5.75 Å². The van der Waals surface area contributed by atoms with Gasteiger partial charge in [0.2, 0.25) is 5.78 Å². The summed E-state index contributed by atoms with van der Waals surface area (Å²) in [5, 5.41) is 0. The molecule has 0 N–H and O–H groups in total. The first kappa shape index (κ1) is 12.1. The van der Waals surface area contributed by atoms with Crippen LogP contribution in [0.4, 0.5) is 0 Å². The fraction of sp³-hybridized carbons (Fsp3) is 0.111. The summed E-state index contributed by atoms with van der Waals surface area (Å²) in [7, 11) is 0. The van der Waals surface area contributed by atoms with Gasteiger partial charge in [-0.1, -0.05) is 18.2 Å². The molecule has 1 aromatic carbocycles. The molecule has 0 spiro atoms. The average Bonchev–Trinajstić information content (AvgIpc) is 2.06. The third kappa shape index (κ3) is 4.05. The van der Waals surface area contributed by atoms with Gasteiger partial charge in [-0.2, -0.15) is 0 Å². The molecule has 0 heterocycles. The second-order valence-corrected chi connectivity index (χ2v) is 2.26. The SMILES string of the molecule is CC(=O)C(=O)Oc1ccccc1.[MgH2]. The van der Waals surface area contributed by atoms with Crippen LogP contribution in [0.3, 0.4) is 0 Å². The van der Waals surface area contributed by atoms with Gasteiger partial charge >= 0.3 is 29.0 Å². The highest BCUT2D eigenvalue weighted by Gasteiger charge is 2.08. The molecule has 0 saturated carbocycles. The minimum atomic E-state index is -0.832. The fourth-order valence-corrected chi connectivity index (χ4v) is 0.667. The maximum atomic E-state index is 10.7. The highest BCUT2D eigenvalue weighted by Crippen LogP contribution is 2.08. The number of ketones is 1. The number of para-hydroxylation sites is 1. The number of benzene rings is 1.